The summed E-state index contributed by atoms with van der Waals surface area (Å²) in [6, 6.07) is 0. The van der Waals surface area contributed by atoms with Crippen molar-refractivity contribution in [1.82, 2.24) is 0 Å². The first-order valence-electron chi connectivity index (χ1n) is 2.66. The van der Waals surface area contributed by atoms with Crippen LogP contribution in [0.1, 0.15) is 20.8 Å². The fraction of sp³-hybridized carbons (Fsp3) is 0.667. The predicted octanol–water partition coefficient (Wildman–Crippen LogP) is 1.37. The number of esters is 1. The van der Waals surface area contributed by atoms with Gasteiger partial charge < -0.3 is 4.74 Å². The summed E-state index contributed by atoms with van der Waals surface area (Å²) in [5.41, 5.74) is 0. The van der Waals surface area contributed by atoms with E-state index in [2.05, 4.69) is 4.74 Å². The molecule has 0 aliphatic heterocycles. The minimum atomic E-state index is -0.174. The third kappa shape index (κ3) is 2.61. The summed E-state index contributed by atoms with van der Waals surface area (Å²) < 4.78 is 4.54. The fourth-order valence-corrected chi connectivity index (χ4v) is 0.252. The first kappa shape index (κ1) is 7.47. The van der Waals surface area contributed by atoms with Crippen LogP contribution in [0.2, 0.25) is 0 Å². The Morgan fingerprint density at radius 3 is 2.25 bits per heavy atom. The predicted molar refractivity (Wildman–Crippen MR) is 30.9 cm³/mol. The van der Waals surface area contributed by atoms with E-state index in [9.17, 15) is 4.79 Å². The third-order valence-electron chi connectivity index (χ3n) is 0.705. The lowest BCUT2D eigenvalue weighted by molar-refractivity contribution is -0.143. The molecule has 0 aromatic carbocycles. The van der Waals surface area contributed by atoms with Crippen LogP contribution < -0.4 is 0 Å². The highest BCUT2D eigenvalue weighted by Crippen LogP contribution is 1.95. The molecule has 2 heteroatoms. The molecule has 0 fully saturated rings. The molecule has 0 saturated heterocycles. The lowest BCUT2D eigenvalue weighted by atomic mass is 10.2. The van der Waals surface area contributed by atoms with Gasteiger partial charge in [-0.3, -0.25) is 4.79 Å². The fourth-order valence-electron chi connectivity index (χ4n) is 0.252. The van der Waals surface area contributed by atoms with E-state index in [-0.39, 0.29) is 11.9 Å². The van der Waals surface area contributed by atoms with Gasteiger partial charge in [-0.1, -0.05) is 13.8 Å². The van der Waals surface area contributed by atoms with E-state index >= 15 is 0 Å². The van der Waals surface area contributed by atoms with Gasteiger partial charge in [0, 0.05) is 0 Å². The van der Waals surface area contributed by atoms with Crippen molar-refractivity contribution >= 4 is 5.97 Å². The maximum atomic E-state index is 10.5. The molecule has 0 aliphatic rings. The minimum Gasteiger partial charge on any atom is -0.459 e. The Balaban J connectivity index is 3.33. The zero-order valence-corrected chi connectivity index (χ0v) is 5.47. The third-order valence-corrected chi connectivity index (χ3v) is 0.705. The lowest BCUT2D eigenvalue weighted by Gasteiger charge is -2.01. The van der Waals surface area contributed by atoms with Gasteiger partial charge in [0.1, 0.15) is 6.61 Å². The summed E-state index contributed by atoms with van der Waals surface area (Å²) in [5.74, 6) is -0.196. The Morgan fingerprint density at radius 1 is 1.62 bits per heavy atom. The molecule has 8 heavy (non-hydrogen) atoms. The largest absolute Gasteiger partial charge is 0.459 e. The number of hydrogen-bond acceptors (Lipinski definition) is 2. The quantitative estimate of drug-likeness (QED) is 0.508. The van der Waals surface area contributed by atoms with Crippen molar-refractivity contribution in [1.29, 1.82) is 0 Å². The van der Waals surface area contributed by atoms with Gasteiger partial charge in [0.2, 0.25) is 0 Å². The molecule has 0 unspecified atom stereocenters. The molecule has 0 rings (SSSR count). The first-order valence-corrected chi connectivity index (χ1v) is 2.66. The van der Waals surface area contributed by atoms with Gasteiger partial charge >= 0.3 is 5.97 Å². The van der Waals surface area contributed by atoms with Crippen LogP contribution in [-0.2, 0) is 9.53 Å². The topological polar surface area (TPSA) is 26.3 Å². The van der Waals surface area contributed by atoms with Crippen LogP contribution >= 0.6 is 0 Å². The Labute approximate surface area is 49.8 Å². The van der Waals surface area contributed by atoms with Crippen LogP contribution in [0.15, 0.2) is 0 Å². The molecule has 0 amide bonds. The SMILES string of the molecule is C[CH]OC(=O)C(C)C. The van der Waals surface area contributed by atoms with Gasteiger partial charge in [-0.2, -0.15) is 0 Å². The van der Waals surface area contributed by atoms with E-state index in [1.165, 1.54) is 6.61 Å². The number of ether oxygens (including phenoxy) is 1. The Morgan fingerprint density at radius 2 is 2.12 bits per heavy atom. The number of carbonyl (C=O) groups is 1. The summed E-state index contributed by atoms with van der Waals surface area (Å²) in [4.78, 5) is 10.5. The summed E-state index contributed by atoms with van der Waals surface area (Å²) in [6.45, 7) is 6.67. The van der Waals surface area contributed by atoms with E-state index in [1.807, 2.05) is 0 Å². The zero-order chi connectivity index (χ0) is 6.57. The highest BCUT2D eigenvalue weighted by atomic mass is 16.5. The summed E-state index contributed by atoms with van der Waals surface area (Å²) in [6.07, 6.45) is 0. The molecule has 0 aliphatic carbocycles. The van der Waals surface area contributed by atoms with Crippen LogP contribution in [0.4, 0.5) is 0 Å². The van der Waals surface area contributed by atoms with E-state index < -0.39 is 0 Å². The standard InChI is InChI=1S/C6H11O2/c1-4-8-6(7)5(2)3/h4-5H,1-3H3. The van der Waals surface area contributed by atoms with Crippen LogP contribution in [-0.4, -0.2) is 5.97 Å². The summed E-state index contributed by atoms with van der Waals surface area (Å²) in [5, 5.41) is 0. The van der Waals surface area contributed by atoms with Gasteiger partial charge in [-0.15, -0.1) is 0 Å². The molecular weight excluding hydrogens is 104 g/mol. The van der Waals surface area contributed by atoms with Crippen molar-refractivity contribution < 1.29 is 9.53 Å². The van der Waals surface area contributed by atoms with Crippen LogP contribution in [0.25, 0.3) is 0 Å². The average Bonchev–Trinajstić information content (AvgIpc) is 1.67. The van der Waals surface area contributed by atoms with Gasteiger partial charge in [-0.25, -0.2) is 0 Å². The number of hydrogen-bond donors (Lipinski definition) is 0. The lowest BCUT2D eigenvalue weighted by Crippen LogP contribution is -2.08. The highest BCUT2D eigenvalue weighted by Gasteiger charge is 2.05. The molecule has 0 heterocycles. The molecular formula is C6H11O2. The second kappa shape index (κ2) is 3.47. The van der Waals surface area contributed by atoms with Crippen molar-refractivity contribution in [2.45, 2.75) is 20.8 Å². The van der Waals surface area contributed by atoms with E-state index in [4.69, 9.17) is 0 Å². The molecule has 47 valence electrons. The van der Waals surface area contributed by atoms with Gasteiger partial charge in [0.15, 0.2) is 0 Å². The van der Waals surface area contributed by atoms with Crippen LogP contribution in [0.3, 0.4) is 0 Å². The maximum absolute atomic E-state index is 10.5. The molecule has 0 atom stereocenters. The Kier molecular flexibility index (Phi) is 3.24. The minimum absolute atomic E-state index is 0.0220. The monoisotopic (exact) mass is 115 g/mol. The number of carbonyl (C=O) groups excluding carboxylic acids is 1. The molecule has 0 N–H and O–H groups in total. The Hall–Kier alpha value is -0.530. The molecule has 0 saturated carbocycles. The summed E-state index contributed by atoms with van der Waals surface area (Å²) >= 11 is 0. The van der Waals surface area contributed by atoms with E-state index in [0.717, 1.165) is 0 Å². The molecule has 0 aromatic heterocycles. The molecule has 0 bridgehead atoms. The van der Waals surface area contributed by atoms with Crippen LogP contribution in [0, 0.1) is 12.5 Å². The van der Waals surface area contributed by atoms with Gasteiger partial charge in [0.05, 0.1) is 5.92 Å². The van der Waals surface area contributed by atoms with Gasteiger partial charge in [0.25, 0.3) is 0 Å². The second-order valence-corrected chi connectivity index (χ2v) is 1.83. The van der Waals surface area contributed by atoms with Crippen molar-refractivity contribution in [3.8, 4) is 0 Å². The van der Waals surface area contributed by atoms with Gasteiger partial charge in [-0.05, 0) is 6.92 Å². The maximum Gasteiger partial charge on any atom is 0.308 e. The van der Waals surface area contributed by atoms with Crippen molar-refractivity contribution in [2.75, 3.05) is 0 Å². The molecule has 2 nitrogen and oxygen atoms in total. The van der Waals surface area contributed by atoms with Crippen molar-refractivity contribution in [3.05, 3.63) is 6.61 Å². The second-order valence-electron chi connectivity index (χ2n) is 1.83. The van der Waals surface area contributed by atoms with Crippen molar-refractivity contribution in [2.24, 2.45) is 5.92 Å². The average molecular weight is 115 g/mol. The van der Waals surface area contributed by atoms with Crippen LogP contribution in [0.5, 0.6) is 0 Å². The molecule has 1 radical (unpaired) electrons. The Bertz CT molecular complexity index is 76.6. The first-order chi connectivity index (χ1) is 3.68. The van der Waals surface area contributed by atoms with E-state index in [1.54, 1.807) is 20.8 Å². The highest BCUT2D eigenvalue weighted by molar-refractivity contribution is 5.71. The smallest absolute Gasteiger partial charge is 0.308 e. The van der Waals surface area contributed by atoms with Crippen molar-refractivity contribution in [3.63, 3.8) is 0 Å². The number of rotatable bonds is 2. The zero-order valence-electron chi connectivity index (χ0n) is 5.47. The normalized spacial score (nSPS) is 9.50. The summed E-state index contributed by atoms with van der Waals surface area (Å²) in [7, 11) is 0. The molecule has 0 spiro atoms. The molecule has 0 aromatic rings. The van der Waals surface area contributed by atoms with E-state index in [0.29, 0.717) is 0 Å².